The van der Waals surface area contributed by atoms with E-state index in [0.717, 1.165) is 55.7 Å². The lowest BCUT2D eigenvalue weighted by Gasteiger charge is -2.28. The van der Waals surface area contributed by atoms with E-state index in [0.29, 0.717) is 6.04 Å². The minimum atomic E-state index is -0.287. The molecule has 9 heteroatoms. The van der Waals surface area contributed by atoms with Gasteiger partial charge in [-0.05, 0) is 54.5 Å². The Morgan fingerprint density at radius 3 is 2.64 bits per heavy atom. The molecule has 4 rings (SSSR count). The fourth-order valence-electron chi connectivity index (χ4n) is 3.67. The van der Waals surface area contributed by atoms with Crippen molar-refractivity contribution in [2.45, 2.75) is 49.1 Å². The standard InChI is InChI=1S/C19H26N6O2S/c1-14(28-19-21-22-23-25(19)17-4-2-3-5-17)18(26)20-15-6-8-16(9-7-15)24-10-12-27-13-11-24/h6-9,14,17H,2-5,10-13H2,1H3,(H,20,26)/t14-/m1/s1. The van der Waals surface area contributed by atoms with Crippen LogP contribution in [-0.2, 0) is 9.53 Å². The van der Waals surface area contributed by atoms with Crippen LogP contribution < -0.4 is 10.2 Å². The Balaban J connectivity index is 1.34. The summed E-state index contributed by atoms with van der Waals surface area (Å²) >= 11 is 1.41. The number of carbonyl (C=O) groups excluding carboxylic acids is 1. The fraction of sp³-hybridized carbons (Fsp3) is 0.579. The number of amides is 1. The molecule has 0 bridgehead atoms. The SMILES string of the molecule is C[C@@H](Sc1nnnn1C1CCCC1)C(=O)Nc1ccc(N2CCOCC2)cc1. The Bertz CT molecular complexity index is 784. The number of nitrogens with zero attached hydrogens (tertiary/aromatic N) is 5. The maximum Gasteiger partial charge on any atom is 0.237 e. The van der Waals surface area contributed by atoms with Crippen molar-refractivity contribution < 1.29 is 9.53 Å². The average Bonchev–Trinajstić information content (AvgIpc) is 3.41. The van der Waals surface area contributed by atoms with Crippen LogP contribution >= 0.6 is 11.8 Å². The molecule has 0 unspecified atom stereocenters. The summed E-state index contributed by atoms with van der Waals surface area (Å²) in [7, 11) is 0. The number of morpholine rings is 1. The third-order valence-electron chi connectivity index (χ3n) is 5.30. The molecule has 2 aliphatic rings. The highest BCUT2D eigenvalue weighted by Crippen LogP contribution is 2.32. The smallest absolute Gasteiger partial charge is 0.237 e. The number of thioether (sulfide) groups is 1. The molecule has 1 N–H and O–H groups in total. The number of aromatic nitrogens is 4. The van der Waals surface area contributed by atoms with E-state index in [-0.39, 0.29) is 11.2 Å². The molecule has 1 aromatic heterocycles. The summed E-state index contributed by atoms with van der Waals surface area (Å²) in [5, 5.41) is 15.5. The van der Waals surface area contributed by atoms with Crippen molar-refractivity contribution in [3.63, 3.8) is 0 Å². The quantitative estimate of drug-likeness (QED) is 0.744. The molecule has 8 nitrogen and oxygen atoms in total. The van der Waals surface area contributed by atoms with Crippen LogP contribution in [0.4, 0.5) is 11.4 Å². The molecular formula is C19H26N6O2S. The van der Waals surface area contributed by atoms with E-state index in [1.165, 1.54) is 24.6 Å². The zero-order valence-electron chi connectivity index (χ0n) is 16.1. The van der Waals surface area contributed by atoms with Gasteiger partial charge in [0.2, 0.25) is 11.1 Å². The lowest BCUT2D eigenvalue weighted by molar-refractivity contribution is -0.115. The van der Waals surface area contributed by atoms with E-state index < -0.39 is 0 Å². The number of carbonyl (C=O) groups is 1. The summed E-state index contributed by atoms with van der Waals surface area (Å²) in [6.45, 7) is 5.20. The van der Waals surface area contributed by atoms with Crippen LogP contribution in [0.2, 0.25) is 0 Å². The van der Waals surface area contributed by atoms with Crippen LogP contribution in [-0.4, -0.2) is 57.7 Å². The van der Waals surface area contributed by atoms with Crippen LogP contribution in [0.25, 0.3) is 0 Å². The van der Waals surface area contributed by atoms with Gasteiger partial charge in [-0.25, -0.2) is 4.68 Å². The highest BCUT2D eigenvalue weighted by Gasteiger charge is 2.24. The zero-order chi connectivity index (χ0) is 19.3. The first kappa shape index (κ1) is 19.2. The van der Waals surface area contributed by atoms with Gasteiger partial charge in [0.1, 0.15) is 0 Å². The second kappa shape index (κ2) is 8.91. The van der Waals surface area contributed by atoms with E-state index in [9.17, 15) is 4.79 Å². The van der Waals surface area contributed by atoms with Crippen molar-refractivity contribution in [2.24, 2.45) is 0 Å². The Morgan fingerprint density at radius 1 is 1.21 bits per heavy atom. The molecule has 1 aromatic carbocycles. The molecule has 1 aliphatic carbocycles. The number of anilines is 2. The van der Waals surface area contributed by atoms with E-state index in [1.807, 2.05) is 35.9 Å². The monoisotopic (exact) mass is 402 g/mol. The second-order valence-corrected chi connectivity index (χ2v) is 8.55. The van der Waals surface area contributed by atoms with Crippen LogP contribution in [0.3, 0.4) is 0 Å². The van der Waals surface area contributed by atoms with Gasteiger partial charge in [-0.15, -0.1) is 5.10 Å². The normalized spacial score (nSPS) is 19.0. The van der Waals surface area contributed by atoms with Gasteiger partial charge in [0.15, 0.2) is 0 Å². The summed E-state index contributed by atoms with van der Waals surface area (Å²) in [5.41, 5.74) is 1.95. The zero-order valence-corrected chi connectivity index (χ0v) is 16.9. The minimum Gasteiger partial charge on any atom is -0.378 e. The molecule has 1 atom stereocenters. The number of nitrogens with one attached hydrogen (secondary N) is 1. The number of benzene rings is 1. The first-order valence-corrected chi connectivity index (χ1v) is 10.8. The van der Waals surface area contributed by atoms with Gasteiger partial charge >= 0.3 is 0 Å². The van der Waals surface area contributed by atoms with E-state index >= 15 is 0 Å². The maximum atomic E-state index is 12.6. The lowest BCUT2D eigenvalue weighted by Crippen LogP contribution is -2.36. The Labute approximate surface area is 169 Å². The second-order valence-electron chi connectivity index (χ2n) is 7.24. The van der Waals surface area contributed by atoms with Crippen molar-refractivity contribution >= 4 is 29.0 Å². The predicted molar refractivity (Wildman–Crippen MR) is 109 cm³/mol. The first-order valence-electron chi connectivity index (χ1n) is 9.89. The van der Waals surface area contributed by atoms with Crippen LogP contribution in [0.5, 0.6) is 0 Å². The van der Waals surface area contributed by atoms with E-state index in [2.05, 4.69) is 25.7 Å². The molecule has 2 aromatic rings. The van der Waals surface area contributed by atoms with Crippen LogP contribution in [0.1, 0.15) is 38.6 Å². The highest BCUT2D eigenvalue weighted by atomic mass is 32.2. The number of hydrogen-bond donors (Lipinski definition) is 1. The van der Waals surface area contributed by atoms with Crippen molar-refractivity contribution in [1.29, 1.82) is 0 Å². The lowest BCUT2D eigenvalue weighted by atomic mass is 10.2. The Kier molecular flexibility index (Phi) is 6.11. The van der Waals surface area contributed by atoms with Crippen molar-refractivity contribution in [3.05, 3.63) is 24.3 Å². The van der Waals surface area contributed by atoms with Crippen molar-refractivity contribution in [1.82, 2.24) is 20.2 Å². The summed E-state index contributed by atoms with van der Waals surface area (Å²) in [4.78, 5) is 14.9. The molecular weight excluding hydrogens is 376 g/mol. The topological polar surface area (TPSA) is 85.2 Å². The number of ether oxygens (including phenoxy) is 1. The van der Waals surface area contributed by atoms with E-state index in [1.54, 1.807) is 0 Å². The van der Waals surface area contributed by atoms with Gasteiger partial charge in [0.05, 0.1) is 24.5 Å². The molecule has 1 saturated heterocycles. The third kappa shape index (κ3) is 4.47. The summed E-state index contributed by atoms with van der Waals surface area (Å²) < 4.78 is 7.28. The number of rotatable bonds is 6. The average molecular weight is 403 g/mol. The van der Waals surface area contributed by atoms with E-state index in [4.69, 9.17) is 4.74 Å². The summed E-state index contributed by atoms with van der Waals surface area (Å²) in [5.74, 6) is -0.0508. The molecule has 1 aliphatic heterocycles. The molecule has 2 fully saturated rings. The summed E-state index contributed by atoms with van der Waals surface area (Å²) in [6.07, 6.45) is 4.64. The van der Waals surface area contributed by atoms with Gasteiger partial charge in [-0.1, -0.05) is 24.6 Å². The third-order valence-corrected chi connectivity index (χ3v) is 6.34. The Morgan fingerprint density at radius 2 is 1.93 bits per heavy atom. The predicted octanol–water partition coefficient (Wildman–Crippen LogP) is 2.74. The molecule has 150 valence electrons. The highest BCUT2D eigenvalue weighted by molar-refractivity contribution is 8.00. The van der Waals surface area contributed by atoms with Crippen LogP contribution in [0.15, 0.2) is 29.4 Å². The first-order chi connectivity index (χ1) is 13.7. The molecule has 2 heterocycles. The van der Waals surface area contributed by atoms with Crippen molar-refractivity contribution in [3.8, 4) is 0 Å². The Hall–Kier alpha value is -2.13. The van der Waals surface area contributed by atoms with Crippen molar-refractivity contribution in [2.75, 3.05) is 36.5 Å². The molecule has 28 heavy (non-hydrogen) atoms. The molecule has 1 saturated carbocycles. The molecule has 0 spiro atoms. The van der Waals surface area contributed by atoms with Gasteiger partial charge < -0.3 is 15.0 Å². The molecule has 1 amide bonds. The van der Waals surface area contributed by atoms with Crippen LogP contribution in [0, 0.1) is 0 Å². The fourth-order valence-corrected chi connectivity index (χ4v) is 4.53. The van der Waals surface area contributed by atoms with Gasteiger partial charge in [-0.3, -0.25) is 4.79 Å². The minimum absolute atomic E-state index is 0.0508. The van der Waals surface area contributed by atoms with Gasteiger partial charge in [0, 0.05) is 24.5 Å². The number of hydrogen-bond acceptors (Lipinski definition) is 7. The van der Waals surface area contributed by atoms with Gasteiger partial charge in [-0.2, -0.15) is 0 Å². The number of tetrazole rings is 1. The largest absolute Gasteiger partial charge is 0.378 e. The van der Waals surface area contributed by atoms with Gasteiger partial charge in [0.25, 0.3) is 0 Å². The summed E-state index contributed by atoms with van der Waals surface area (Å²) in [6, 6.07) is 8.34. The maximum absolute atomic E-state index is 12.6. The molecule has 0 radical (unpaired) electrons.